The quantitative estimate of drug-likeness (QED) is 0.730. The van der Waals surface area contributed by atoms with Gasteiger partial charge in [-0.3, -0.25) is 9.89 Å². The van der Waals surface area contributed by atoms with Crippen molar-refractivity contribution < 1.29 is 17.9 Å². The van der Waals surface area contributed by atoms with Crippen LogP contribution in [-0.2, 0) is 20.2 Å². The average molecular weight is 324 g/mol. The molecule has 9 heteroatoms. The van der Waals surface area contributed by atoms with Crippen LogP contribution >= 0.6 is 10.7 Å². The Labute approximate surface area is 122 Å². The van der Waals surface area contributed by atoms with Crippen molar-refractivity contribution in [3.8, 4) is 0 Å². The molecule has 0 aromatic carbocycles. The maximum absolute atomic E-state index is 12.0. The van der Waals surface area contributed by atoms with E-state index in [9.17, 15) is 13.2 Å². The van der Waals surface area contributed by atoms with Gasteiger partial charge in [-0.25, -0.2) is 8.42 Å². The van der Waals surface area contributed by atoms with Crippen LogP contribution in [0.15, 0.2) is 4.90 Å². The minimum absolute atomic E-state index is 0.216. The third-order valence-electron chi connectivity index (χ3n) is 2.54. The van der Waals surface area contributed by atoms with E-state index in [1.165, 1.54) is 7.11 Å². The van der Waals surface area contributed by atoms with Crippen molar-refractivity contribution in [2.24, 2.45) is 0 Å². The first-order valence-electron chi connectivity index (χ1n) is 6.12. The van der Waals surface area contributed by atoms with E-state index in [0.29, 0.717) is 25.1 Å². The first kappa shape index (κ1) is 16.9. The molecule has 1 atom stereocenters. The molecule has 114 valence electrons. The van der Waals surface area contributed by atoms with E-state index in [0.717, 1.165) is 0 Å². The Bertz CT molecular complexity index is 570. The van der Waals surface area contributed by atoms with E-state index in [2.05, 4.69) is 15.5 Å². The number of ether oxygens (including phenoxy) is 1. The lowest BCUT2D eigenvalue weighted by molar-refractivity contribution is 0.0897. The van der Waals surface area contributed by atoms with Crippen LogP contribution in [0, 0.1) is 0 Å². The van der Waals surface area contributed by atoms with Gasteiger partial charge in [0.2, 0.25) is 0 Å². The van der Waals surface area contributed by atoms with E-state index in [1.807, 2.05) is 6.92 Å². The summed E-state index contributed by atoms with van der Waals surface area (Å²) in [5, 5.41) is 8.93. The first-order chi connectivity index (χ1) is 9.31. The van der Waals surface area contributed by atoms with Crippen molar-refractivity contribution in [1.82, 2.24) is 15.5 Å². The number of rotatable bonds is 7. The number of methoxy groups -OCH3 is 1. The van der Waals surface area contributed by atoms with Crippen LogP contribution in [0.3, 0.4) is 0 Å². The average Bonchev–Trinajstić information content (AvgIpc) is 2.73. The lowest BCUT2D eigenvalue weighted by Gasteiger charge is -2.11. The highest BCUT2D eigenvalue weighted by atomic mass is 35.7. The van der Waals surface area contributed by atoms with Crippen molar-refractivity contribution in [3.63, 3.8) is 0 Å². The number of carbonyl (C=O) groups is 1. The van der Waals surface area contributed by atoms with Crippen LogP contribution in [0.2, 0.25) is 0 Å². The van der Waals surface area contributed by atoms with Gasteiger partial charge in [-0.05, 0) is 13.3 Å². The lowest BCUT2D eigenvalue weighted by Crippen LogP contribution is -2.36. The van der Waals surface area contributed by atoms with Gasteiger partial charge in [0.05, 0.1) is 12.3 Å². The topological polar surface area (TPSA) is 101 Å². The van der Waals surface area contributed by atoms with Crippen LogP contribution < -0.4 is 5.32 Å². The SMILES string of the molecule is CCCc1[nH]nc(C(=O)NC(C)COC)c1S(=O)(=O)Cl. The Kier molecular flexibility index (Phi) is 5.97. The molecule has 0 fully saturated rings. The van der Waals surface area contributed by atoms with Crippen LogP contribution in [0.4, 0.5) is 0 Å². The molecule has 1 rings (SSSR count). The molecule has 0 aliphatic heterocycles. The minimum Gasteiger partial charge on any atom is -0.383 e. The third kappa shape index (κ3) is 4.19. The maximum atomic E-state index is 12.0. The van der Waals surface area contributed by atoms with Gasteiger partial charge in [0.15, 0.2) is 5.69 Å². The van der Waals surface area contributed by atoms with E-state index >= 15 is 0 Å². The van der Waals surface area contributed by atoms with Crippen molar-refractivity contribution in [1.29, 1.82) is 0 Å². The molecule has 0 aliphatic rings. The number of carbonyl (C=O) groups excluding carboxylic acids is 1. The highest BCUT2D eigenvalue weighted by Gasteiger charge is 2.28. The van der Waals surface area contributed by atoms with Gasteiger partial charge < -0.3 is 10.1 Å². The number of nitrogens with one attached hydrogen (secondary N) is 2. The molecule has 0 radical (unpaired) electrons. The monoisotopic (exact) mass is 323 g/mol. The van der Waals surface area contributed by atoms with Crippen LogP contribution in [-0.4, -0.2) is 44.3 Å². The number of nitrogens with zero attached hydrogens (tertiary/aromatic N) is 1. The zero-order chi connectivity index (χ0) is 15.3. The predicted octanol–water partition coefficient (Wildman–Crippen LogP) is 1.05. The van der Waals surface area contributed by atoms with Gasteiger partial charge in [0, 0.05) is 23.8 Å². The smallest absolute Gasteiger partial charge is 0.273 e. The van der Waals surface area contributed by atoms with Gasteiger partial charge in [0.1, 0.15) is 4.90 Å². The second-order valence-corrected chi connectivity index (χ2v) is 6.90. The number of amides is 1. The molecule has 1 aromatic rings. The summed E-state index contributed by atoms with van der Waals surface area (Å²) in [4.78, 5) is 11.8. The molecule has 1 amide bonds. The van der Waals surface area contributed by atoms with E-state index in [1.54, 1.807) is 6.92 Å². The van der Waals surface area contributed by atoms with E-state index in [-0.39, 0.29) is 16.6 Å². The molecule has 1 unspecified atom stereocenters. The van der Waals surface area contributed by atoms with Crippen LogP contribution in [0.25, 0.3) is 0 Å². The van der Waals surface area contributed by atoms with E-state index in [4.69, 9.17) is 15.4 Å². The molecule has 0 bridgehead atoms. The minimum atomic E-state index is -4.05. The zero-order valence-corrected chi connectivity index (χ0v) is 13.1. The fourth-order valence-corrected chi connectivity index (χ4v) is 3.10. The van der Waals surface area contributed by atoms with Crippen LogP contribution in [0.5, 0.6) is 0 Å². The van der Waals surface area contributed by atoms with Gasteiger partial charge >= 0.3 is 0 Å². The maximum Gasteiger partial charge on any atom is 0.273 e. The molecule has 1 heterocycles. The summed E-state index contributed by atoms with van der Waals surface area (Å²) in [7, 11) is 2.85. The summed E-state index contributed by atoms with van der Waals surface area (Å²) in [6, 6.07) is -0.273. The van der Waals surface area contributed by atoms with Crippen molar-refractivity contribution in [3.05, 3.63) is 11.4 Å². The second-order valence-electron chi connectivity index (χ2n) is 4.40. The number of aromatic amines is 1. The number of H-pyrrole nitrogens is 1. The van der Waals surface area contributed by atoms with Crippen molar-refractivity contribution in [2.75, 3.05) is 13.7 Å². The summed E-state index contributed by atoms with van der Waals surface area (Å²) in [5.74, 6) is -0.604. The fraction of sp³-hybridized carbons (Fsp3) is 0.636. The van der Waals surface area contributed by atoms with Crippen LogP contribution in [0.1, 0.15) is 36.5 Å². The highest BCUT2D eigenvalue weighted by molar-refractivity contribution is 8.13. The molecule has 1 aromatic heterocycles. The molecule has 20 heavy (non-hydrogen) atoms. The number of aryl methyl sites for hydroxylation is 1. The molecule has 0 spiro atoms. The fourth-order valence-electron chi connectivity index (χ4n) is 1.79. The van der Waals surface area contributed by atoms with Gasteiger partial charge in [-0.1, -0.05) is 13.3 Å². The first-order valence-corrected chi connectivity index (χ1v) is 8.43. The van der Waals surface area contributed by atoms with Crippen molar-refractivity contribution in [2.45, 2.75) is 37.6 Å². The lowest BCUT2D eigenvalue weighted by atomic mass is 10.2. The normalized spacial score (nSPS) is 13.2. The summed E-state index contributed by atoms with van der Waals surface area (Å²) in [6.45, 7) is 3.92. The third-order valence-corrected chi connectivity index (χ3v) is 3.94. The Balaban J connectivity index is 3.09. The summed E-state index contributed by atoms with van der Waals surface area (Å²) >= 11 is 0. The summed E-state index contributed by atoms with van der Waals surface area (Å²) < 4.78 is 28.1. The number of hydrogen-bond donors (Lipinski definition) is 2. The number of hydrogen-bond acceptors (Lipinski definition) is 5. The predicted molar refractivity (Wildman–Crippen MR) is 74.4 cm³/mol. The van der Waals surface area contributed by atoms with Crippen molar-refractivity contribution >= 4 is 25.6 Å². The van der Waals surface area contributed by atoms with E-state index < -0.39 is 15.0 Å². The molecular formula is C11H18ClN3O4S. The molecule has 7 nitrogen and oxygen atoms in total. The van der Waals surface area contributed by atoms with Gasteiger partial charge in [0.25, 0.3) is 15.0 Å². The Hall–Kier alpha value is -1.12. The summed E-state index contributed by atoms with van der Waals surface area (Å²) in [6.07, 6.45) is 1.14. The summed E-state index contributed by atoms with van der Waals surface area (Å²) in [5.41, 5.74) is 0.124. The molecule has 0 saturated carbocycles. The molecule has 0 aliphatic carbocycles. The standard InChI is InChI=1S/C11H18ClN3O4S/c1-4-5-8-10(20(12,17)18)9(15-14-8)11(16)13-7(2)6-19-3/h7H,4-6H2,1-3H3,(H,13,16)(H,14,15). The Morgan fingerprint density at radius 1 is 1.55 bits per heavy atom. The number of halogens is 1. The molecular weight excluding hydrogens is 306 g/mol. The zero-order valence-electron chi connectivity index (χ0n) is 11.6. The number of aromatic nitrogens is 2. The second kappa shape index (κ2) is 7.05. The highest BCUT2D eigenvalue weighted by Crippen LogP contribution is 2.23. The van der Waals surface area contributed by atoms with Gasteiger partial charge in [-0.15, -0.1) is 0 Å². The van der Waals surface area contributed by atoms with Gasteiger partial charge in [-0.2, -0.15) is 5.10 Å². The Morgan fingerprint density at radius 2 is 2.20 bits per heavy atom. The Morgan fingerprint density at radius 3 is 2.70 bits per heavy atom. The molecule has 2 N–H and O–H groups in total. The molecule has 0 saturated heterocycles. The largest absolute Gasteiger partial charge is 0.383 e.